The summed E-state index contributed by atoms with van der Waals surface area (Å²) in [6.45, 7) is 3.72. The summed E-state index contributed by atoms with van der Waals surface area (Å²) >= 11 is 1.34. The van der Waals surface area contributed by atoms with Gasteiger partial charge < -0.3 is 0 Å². The monoisotopic (exact) mass is 321 g/mol. The minimum Gasteiger partial charge on any atom is -0.272 e. The third kappa shape index (κ3) is 3.23. The Bertz CT molecular complexity index is 751. The molecule has 0 aliphatic rings. The smallest absolute Gasteiger partial charge is 0.272 e. The van der Waals surface area contributed by atoms with Crippen LogP contribution >= 0.6 is 11.5 Å². The zero-order chi connectivity index (χ0) is 16.3. The van der Waals surface area contributed by atoms with Crippen LogP contribution in [-0.2, 0) is 0 Å². The summed E-state index contributed by atoms with van der Waals surface area (Å²) in [6.07, 6.45) is 1.51. The summed E-state index contributed by atoms with van der Waals surface area (Å²) < 4.78 is 4.16. The van der Waals surface area contributed by atoms with Crippen molar-refractivity contribution in [3.05, 3.63) is 54.6 Å². The van der Waals surface area contributed by atoms with Crippen LogP contribution in [0.2, 0.25) is 0 Å². The van der Waals surface area contributed by atoms with Crippen molar-refractivity contribution in [1.29, 1.82) is 0 Å². The molecule has 1 aromatic carbocycles. The second-order valence-electron chi connectivity index (χ2n) is 4.32. The van der Waals surface area contributed by atoms with Crippen LogP contribution in [0.3, 0.4) is 0 Å². The van der Waals surface area contributed by atoms with Gasteiger partial charge in [-0.2, -0.15) is 9.47 Å². The van der Waals surface area contributed by atoms with Gasteiger partial charge in [-0.15, -0.1) is 0 Å². The van der Waals surface area contributed by atoms with Crippen molar-refractivity contribution in [3.8, 4) is 0 Å². The number of rotatable bonds is 5. The third-order valence-corrected chi connectivity index (χ3v) is 3.71. The van der Waals surface area contributed by atoms with E-state index in [1.165, 1.54) is 29.9 Å². The molecule has 0 atom stereocenters. The summed E-state index contributed by atoms with van der Waals surface area (Å²) in [5.41, 5.74) is 3.49. The number of nitrogens with zero attached hydrogens (tertiary/aromatic N) is 4. The molecule has 0 bridgehead atoms. The largest absolute Gasteiger partial charge is 0.301 e. The lowest BCUT2D eigenvalue weighted by Crippen LogP contribution is -1.99. The van der Waals surface area contributed by atoms with Crippen LogP contribution in [0.5, 0.6) is 0 Å². The number of hydrogen-bond acceptors (Lipinski definition) is 8. The topological polar surface area (TPSA) is 124 Å². The molecule has 0 spiro atoms. The van der Waals surface area contributed by atoms with Crippen LogP contribution in [0.25, 0.3) is 0 Å². The molecule has 0 fully saturated rings. The first-order chi connectivity index (χ1) is 10.4. The van der Waals surface area contributed by atoms with Crippen molar-refractivity contribution in [1.82, 2.24) is 4.37 Å². The first kappa shape index (κ1) is 15.5. The zero-order valence-electron chi connectivity index (χ0n) is 11.6. The van der Waals surface area contributed by atoms with Gasteiger partial charge in [0, 0.05) is 16.5 Å². The summed E-state index contributed by atoms with van der Waals surface area (Å²) in [7, 11) is 0. The van der Waals surface area contributed by atoms with Gasteiger partial charge in [0.25, 0.3) is 5.69 Å². The maximum atomic E-state index is 11.0. The number of aromatic nitrogens is 1. The molecule has 0 amide bonds. The van der Waals surface area contributed by atoms with Crippen LogP contribution in [0.1, 0.15) is 16.1 Å². The second kappa shape index (κ2) is 6.26. The van der Waals surface area contributed by atoms with Gasteiger partial charge in [-0.3, -0.25) is 25.7 Å². The van der Waals surface area contributed by atoms with Gasteiger partial charge in [0.15, 0.2) is 0 Å². The van der Waals surface area contributed by atoms with E-state index in [0.717, 1.165) is 22.2 Å². The lowest BCUT2D eigenvalue weighted by molar-refractivity contribution is -0.393. The van der Waals surface area contributed by atoms with Crippen LogP contribution in [-0.4, -0.2) is 20.4 Å². The highest BCUT2D eigenvalue weighted by Crippen LogP contribution is 2.28. The Labute approximate surface area is 128 Å². The average Bonchev–Trinajstić information content (AvgIpc) is 2.78. The number of nitro benzene ring substituents is 2. The predicted octanol–water partition coefficient (Wildman–Crippen LogP) is 3.02. The number of aryl methyl sites for hydroxylation is 2. The number of anilines is 1. The van der Waals surface area contributed by atoms with E-state index in [4.69, 9.17) is 0 Å². The van der Waals surface area contributed by atoms with E-state index in [-0.39, 0.29) is 11.4 Å². The maximum Gasteiger partial charge on any atom is 0.301 e. The van der Waals surface area contributed by atoms with E-state index in [1.807, 2.05) is 13.8 Å². The van der Waals surface area contributed by atoms with E-state index in [2.05, 4.69) is 14.9 Å². The Balaban J connectivity index is 2.26. The number of hydrazone groups is 1. The normalized spacial score (nSPS) is 10.8. The molecule has 1 N–H and O–H groups in total. The Morgan fingerprint density at radius 2 is 2.00 bits per heavy atom. The van der Waals surface area contributed by atoms with E-state index >= 15 is 0 Å². The summed E-state index contributed by atoms with van der Waals surface area (Å²) in [6, 6.07) is 3.31. The molecule has 22 heavy (non-hydrogen) atoms. The van der Waals surface area contributed by atoms with Crippen LogP contribution in [0, 0.1) is 34.1 Å². The molecule has 0 saturated carbocycles. The van der Waals surface area contributed by atoms with E-state index < -0.39 is 15.5 Å². The minimum absolute atomic E-state index is 0.0744. The number of nitrogens with one attached hydrogen (secondary N) is 1. The average molecular weight is 321 g/mol. The van der Waals surface area contributed by atoms with Gasteiger partial charge in [-0.25, -0.2) is 0 Å². The molecule has 1 heterocycles. The number of hydrogen-bond donors (Lipinski definition) is 1. The fraction of sp³-hybridized carbons (Fsp3) is 0.167. The highest BCUT2D eigenvalue weighted by Gasteiger charge is 2.19. The Morgan fingerprint density at radius 1 is 1.27 bits per heavy atom. The lowest BCUT2D eigenvalue weighted by Gasteiger charge is -2.01. The Hall–Kier alpha value is -2.88. The maximum absolute atomic E-state index is 11.0. The SMILES string of the molecule is Cc1nsc(C)c1/C=N\Nc1ccc([N+](=O)[O-])cc1[N+](=O)[O-]. The molecular weight excluding hydrogens is 310 g/mol. The highest BCUT2D eigenvalue weighted by atomic mass is 32.1. The molecule has 1 aromatic heterocycles. The molecule has 9 nitrogen and oxygen atoms in total. The Kier molecular flexibility index (Phi) is 4.41. The van der Waals surface area contributed by atoms with Crippen LogP contribution in [0.4, 0.5) is 17.1 Å². The van der Waals surface area contributed by atoms with E-state index in [1.54, 1.807) is 0 Å². The number of nitro groups is 2. The highest BCUT2D eigenvalue weighted by molar-refractivity contribution is 7.06. The van der Waals surface area contributed by atoms with Gasteiger partial charge in [-0.05, 0) is 31.4 Å². The Morgan fingerprint density at radius 3 is 2.55 bits per heavy atom. The lowest BCUT2D eigenvalue weighted by atomic mass is 10.2. The zero-order valence-corrected chi connectivity index (χ0v) is 12.5. The van der Waals surface area contributed by atoms with Gasteiger partial charge in [0.2, 0.25) is 0 Å². The summed E-state index contributed by atoms with van der Waals surface area (Å²) in [5.74, 6) is 0. The van der Waals surface area contributed by atoms with Crippen molar-refractivity contribution >= 4 is 34.8 Å². The van der Waals surface area contributed by atoms with Crippen molar-refractivity contribution < 1.29 is 9.85 Å². The molecule has 2 aromatic rings. The summed E-state index contributed by atoms with van der Waals surface area (Å²) in [5, 5.41) is 25.6. The molecule has 0 unspecified atom stereocenters. The fourth-order valence-electron chi connectivity index (χ4n) is 1.72. The minimum atomic E-state index is -0.701. The molecule has 0 saturated heterocycles. The predicted molar refractivity (Wildman–Crippen MR) is 82.6 cm³/mol. The van der Waals surface area contributed by atoms with E-state index in [0.29, 0.717) is 0 Å². The fourth-order valence-corrected chi connectivity index (χ4v) is 2.39. The molecule has 114 valence electrons. The van der Waals surface area contributed by atoms with Crippen LogP contribution in [0.15, 0.2) is 23.3 Å². The van der Waals surface area contributed by atoms with Gasteiger partial charge in [0.05, 0.1) is 27.8 Å². The van der Waals surface area contributed by atoms with Gasteiger partial charge >= 0.3 is 5.69 Å². The molecule has 2 rings (SSSR count). The van der Waals surface area contributed by atoms with E-state index in [9.17, 15) is 20.2 Å². The first-order valence-electron chi connectivity index (χ1n) is 6.05. The van der Waals surface area contributed by atoms with Crippen molar-refractivity contribution in [2.75, 3.05) is 5.43 Å². The van der Waals surface area contributed by atoms with Gasteiger partial charge in [-0.1, -0.05) is 0 Å². The molecule has 0 aliphatic carbocycles. The van der Waals surface area contributed by atoms with Crippen molar-refractivity contribution in [3.63, 3.8) is 0 Å². The van der Waals surface area contributed by atoms with Crippen molar-refractivity contribution in [2.45, 2.75) is 13.8 Å². The number of benzene rings is 1. The molecule has 10 heteroatoms. The third-order valence-electron chi connectivity index (χ3n) is 2.86. The first-order valence-corrected chi connectivity index (χ1v) is 6.82. The van der Waals surface area contributed by atoms with Crippen molar-refractivity contribution in [2.24, 2.45) is 5.10 Å². The molecule has 0 radical (unpaired) electrons. The quantitative estimate of drug-likeness (QED) is 0.513. The molecular formula is C12H11N5O4S. The summed E-state index contributed by atoms with van der Waals surface area (Å²) in [4.78, 5) is 21.2. The standard InChI is InChI=1S/C12H11N5O4S/c1-7-10(8(2)22-15-7)6-13-14-11-4-3-9(16(18)19)5-12(11)17(20)21/h3-6,14H,1-2H3/b13-6-. The van der Waals surface area contributed by atoms with Gasteiger partial charge in [0.1, 0.15) is 5.69 Å². The van der Waals surface area contributed by atoms with Crippen LogP contribution < -0.4 is 5.43 Å². The number of non-ortho nitro benzene ring substituents is 1. The second-order valence-corrected chi connectivity index (χ2v) is 5.30. The molecule has 0 aliphatic heterocycles.